The van der Waals surface area contributed by atoms with Crippen molar-refractivity contribution in [3.05, 3.63) is 53.5 Å². The monoisotopic (exact) mass is 298 g/mol. The van der Waals surface area contributed by atoms with Crippen LogP contribution >= 0.6 is 0 Å². The van der Waals surface area contributed by atoms with Crippen LogP contribution in [0.5, 0.6) is 0 Å². The second-order valence-corrected chi connectivity index (χ2v) is 5.47. The Bertz CT molecular complexity index is 720. The predicted molar refractivity (Wildman–Crippen MR) is 82.4 cm³/mol. The molecule has 2 heterocycles. The third-order valence-electron chi connectivity index (χ3n) is 3.85. The first-order valence-electron chi connectivity index (χ1n) is 7.27. The molecule has 0 bridgehead atoms. The Morgan fingerprint density at radius 2 is 2.05 bits per heavy atom. The second-order valence-electron chi connectivity index (χ2n) is 5.47. The number of carbonyl (C=O) groups excluding carboxylic acids is 2. The van der Waals surface area contributed by atoms with Crippen LogP contribution in [0.3, 0.4) is 0 Å². The Morgan fingerprint density at radius 1 is 1.27 bits per heavy atom. The molecule has 114 valence electrons. The van der Waals surface area contributed by atoms with E-state index in [-0.39, 0.29) is 11.8 Å². The van der Waals surface area contributed by atoms with Crippen molar-refractivity contribution in [1.29, 1.82) is 0 Å². The van der Waals surface area contributed by atoms with Gasteiger partial charge in [-0.15, -0.1) is 0 Å². The molecule has 2 aromatic rings. The number of nitrogens with zero attached hydrogens (tertiary/aromatic N) is 1. The molecule has 1 unspecified atom stereocenters. The van der Waals surface area contributed by atoms with Crippen LogP contribution < -0.4 is 10.2 Å². The number of anilines is 1. The van der Waals surface area contributed by atoms with E-state index in [9.17, 15) is 9.59 Å². The Hall–Kier alpha value is -2.56. The molecular weight excluding hydrogens is 280 g/mol. The van der Waals surface area contributed by atoms with Crippen LogP contribution in [-0.2, 0) is 22.6 Å². The lowest BCUT2D eigenvalue weighted by molar-refractivity contribution is -0.125. The highest BCUT2D eigenvalue weighted by atomic mass is 16.3. The van der Waals surface area contributed by atoms with E-state index in [1.54, 1.807) is 4.90 Å². The van der Waals surface area contributed by atoms with E-state index < -0.39 is 6.04 Å². The van der Waals surface area contributed by atoms with Crippen molar-refractivity contribution >= 4 is 17.5 Å². The van der Waals surface area contributed by atoms with E-state index in [0.717, 1.165) is 17.0 Å². The van der Waals surface area contributed by atoms with Crippen molar-refractivity contribution in [1.82, 2.24) is 5.32 Å². The smallest absolute Gasteiger partial charge is 0.243 e. The highest BCUT2D eigenvalue weighted by molar-refractivity contribution is 6.02. The highest BCUT2D eigenvalue weighted by Crippen LogP contribution is 2.32. The number of furan rings is 1. The zero-order valence-corrected chi connectivity index (χ0v) is 12.6. The summed E-state index contributed by atoms with van der Waals surface area (Å²) < 4.78 is 5.44. The van der Waals surface area contributed by atoms with Crippen molar-refractivity contribution in [2.24, 2.45) is 0 Å². The number of hydrogen-bond donors (Lipinski definition) is 1. The van der Waals surface area contributed by atoms with Crippen LogP contribution in [0.1, 0.15) is 24.0 Å². The molecule has 1 aliphatic heterocycles. The molecule has 1 aromatic heterocycles. The van der Waals surface area contributed by atoms with Gasteiger partial charge in [-0.3, -0.25) is 14.5 Å². The van der Waals surface area contributed by atoms with Gasteiger partial charge in [-0.25, -0.2) is 0 Å². The molecule has 0 fully saturated rings. The standard InChI is InChI=1S/C17H18N2O3/c1-11-7-8-14(22-11)10-18-17(21)16-9-13-5-3-4-6-15(13)19(16)12(2)20/h3-8,16H,9-10H2,1-2H3,(H,18,21). The van der Waals surface area contributed by atoms with Crippen LogP contribution in [0.4, 0.5) is 5.69 Å². The molecule has 5 nitrogen and oxygen atoms in total. The number of rotatable bonds is 3. The summed E-state index contributed by atoms with van der Waals surface area (Å²) in [5, 5.41) is 2.85. The zero-order chi connectivity index (χ0) is 15.7. The van der Waals surface area contributed by atoms with Crippen LogP contribution in [0.15, 0.2) is 40.8 Å². The van der Waals surface area contributed by atoms with E-state index in [4.69, 9.17) is 4.42 Å². The molecule has 1 N–H and O–H groups in total. The molecule has 0 saturated carbocycles. The summed E-state index contributed by atoms with van der Waals surface area (Å²) in [6.07, 6.45) is 0.540. The van der Waals surface area contributed by atoms with Crippen LogP contribution in [0, 0.1) is 6.92 Å². The minimum atomic E-state index is -0.494. The number of benzene rings is 1. The number of fused-ring (bicyclic) bond motifs is 1. The first-order valence-corrected chi connectivity index (χ1v) is 7.27. The van der Waals surface area contributed by atoms with Gasteiger partial charge in [0.1, 0.15) is 17.6 Å². The lowest BCUT2D eigenvalue weighted by Gasteiger charge is -2.23. The van der Waals surface area contributed by atoms with E-state index in [1.807, 2.05) is 43.3 Å². The van der Waals surface area contributed by atoms with Gasteiger partial charge < -0.3 is 9.73 Å². The fourth-order valence-corrected chi connectivity index (χ4v) is 2.86. The number of carbonyl (C=O) groups is 2. The van der Waals surface area contributed by atoms with Gasteiger partial charge in [0.15, 0.2) is 0 Å². The molecule has 0 radical (unpaired) electrons. The van der Waals surface area contributed by atoms with Crippen LogP contribution in [0.2, 0.25) is 0 Å². The summed E-state index contributed by atoms with van der Waals surface area (Å²) >= 11 is 0. The number of nitrogens with one attached hydrogen (secondary N) is 1. The maximum atomic E-state index is 12.5. The number of amides is 2. The van der Waals surface area contributed by atoms with E-state index in [0.29, 0.717) is 18.7 Å². The van der Waals surface area contributed by atoms with Crippen molar-refractivity contribution in [3.8, 4) is 0 Å². The lowest BCUT2D eigenvalue weighted by atomic mass is 10.1. The fraction of sp³-hybridized carbons (Fsp3) is 0.294. The Labute approximate surface area is 128 Å². The zero-order valence-electron chi connectivity index (χ0n) is 12.6. The second kappa shape index (κ2) is 5.67. The largest absolute Gasteiger partial charge is 0.465 e. The van der Waals surface area contributed by atoms with E-state index >= 15 is 0 Å². The Morgan fingerprint density at radius 3 is 2.73 bits per heavy atom. The van der Waals surface area contributed by atoms with Crippen LogP contribution in [0.25, 0.3) is 0 Å². The maximum Gasteiger partial charge on any atom is 0.243 e. The molecule has 3 rings (SSSR count). The molecule has 1 aromatic carbocycles. The Balaban J connectivity index is 1.74. The number of hydrogen-bond acceptors (Lipinski definition) is 3. The Kier molecular flexibility index (Phi) is 3.71. The number of para-hydroxylation sites is 1. The average molecular weight is 298 g/mol. The van der Waals surface area contributed by atoms with Gasteiger partial charge in [-0.1, -0.05) is 18.2 Å². The molecule has 0 saturated heterocycles. The van der Waals surface area contributed by atoms with Gasteiger partial charge >= 0.3 is 0 Å². The minimum Gasteiger partial charge on any atom is -0.465 e. The average Bonchev–Trinajstić information content (AvgIpc) is 3.08. The molecule has 0 spiro atoms. The van der Waals surface area contributed by atoms with Crippen LogP contribution in [-0.4, -0.2) is 17.9 Å². The van der Waals surface area contributed by atoms with Gasteiger partial charge in [-0.05, 0) is 30.7 Å². The van der Waals surface area contributed by atoms with Crippen molar-refractivity contribution in [3.63, 3.8) is 0 Å². The van der Waals surface area contributed by atoms with Gasteiger partial charge in [0.05, 0.1) is 6.54 Å². The molecule has 2 amide bonds. The number of aryl methyl sites for hydroxylation is 1. The van der Waals surface area contributed by atoms with Gasteiger partial charge in [0.25, 0.3) is 0 Å². The predicted octanol–water partition coefficient (Wildman–Crippen LogP) is 2.18. The van der Waals surface area contributed by atoms with Gasteiger partial charge in [0.2, 0.25) is 11.8 Å². The third-order valence-corrected chi connectivity index (χ3v) is 3.85. The first kappa shape index (κ1) is 14.4. The maximum absolute atomic E-state index is 12.5. The van der Waals surface area contributed by atoms with E-state index in [2.05, 4.69) is 5.32 Å². The highest BCUT2D eigenvalue weighted by Gasteiger charge is 2.36. The summed E-state index contributed by atoms with van der Waals surface area (Å²) in [6, 6.07) is 10.8. The fourth-order valence-electron chi connectivity index (χ4n) is 2.86. The summed E-state index contributed by atoms with van der Waals surface area (Å²) in [5.74, 6) is 1.22. The van der Waals surface area contributed by atoms with Gasteiger partial charge in [-0.2, -0.15) is 0 Å². The minimum absolute atomic E-state index is 0.126. The summed E-state index contributed by atoms with van der Waals surface area (Å²) in [5.41, 5.74) is 1.84. The summed E-state index contributed by atoms with van der Waals surface area (Å²) in [4.78, 5) is 26.0. The molecule has 5 heteroatoms. The van der Waals surface area contributed by atoms with Crippen molar-refractivity contribution in [2.45, 2.75) is 32.9 Å². The quantitative estimate of drug-likeness (QED) is 0.944. The van der Waals surface area contributed by atoms with Crippen molar-refractivity contribution in [2.75, 3.05) is 4.90 Å². The lowest BCUT2D eigenvalue weighted by Crippen LogP contribution is -2.47. The van der Waals surface area contributed by atoms with E-state index in [1.165, 1.54) is 6.92 Å². The molecule has 1 atom stereocenters. The summed E-state index contributed by atoms with van der Waals surface area (Å²) in [6.45, 7) is 3.67. The third kappa shape index (κ3) is 2.62. The SMILES string of the molecule is CC(=O)N1c2ccccc2CC1C(=O)NCc1ccc(C)o1. The molecule has 1 aliphatic rings. The summed E-state index contributed by atoms with van der Waals surface area (Å²) in [7, 11) is 0. The topological polar surface area (TPSA) is 62.6 Å². The first-order chi connectivity index (χ1) is 10.6. The molecule has 22 heavy (non-hydrogen) atoms. The molecular formula is C17H18N2O3. The van der Waals surface area contributed by atoms with Gasteiger partial charge in [0, 0.05) is 19.0 Å². The molecule has 0 aliphatic carbocycles. The van der Waals surface area contributed by atoms with Crippen molar-refractivity contribution < 1.29 is 14.0 Å². The normalized spacial score (nSPS) is 16.5.